The van der Waals surface area contributed by atoms with Crippen LogP contribution in [0.2, 0.25) is 0 Å². The molecule has 1 aromatic carbocycles. The highest BCUT2D eigenvalue weighted by atomic mass is 32.1. The van der Waals surface area contributed by atoms with Gasteiger partial charge in [0.25, 0.3) is 0 Å². The predicted octanol–water partition coefficient (Wildman–Crippen LogP) is 1.52. The zero-order chi connectivity index (χ0) is 10.7. The Labute approximate surface area is 88.5 Å². The van der Waals surface area contributed by atoms with Crippen molar-refractivity contribution in [2.45, 2.75) is 6.54 Å². The van der Waals surface area contributed by atoms with Gasteiger partial charge in [-0.3, -0.25) is 0 Å². The Bertz CT molecular complexity index is 350. The highest BCUT2D eigenvalue weighted by Gasteiger charge is 2.06. The van der Waals surface area contributed by atoms with Gasteiger partial charge in [0.15, 0.2) is 0 Å². The summed E-state index contributed by atoms with van der Waals surface area (Å²) < 4.78 is 13.2. The summed E-state index contributed by atoms with van der Waals surface area (Å²) >= 11 is 4.75. The Hall–Kier alpha value is -1.00. The van der Waals surface area contributed by atoms with Crippen LogP contribution >= 0.6 is 12.2 Å². The van der Waals surface area contributed by atoms with Gasteiger partial charge in [-0.1, -0.05) is 18.3 Å². The minimum atomic E-state index is -0.361. The van der Waals surface area contributed by atoms with E-state index < -0.39 is 0 Å². The molecule has 0 heterocycles. The summed E-state index contributed by atoms with van der Waals surface area (Å²) in [6.07, 6.45) is 0. The lowest BCUT2D eigenvalue weighted by atomic mass is 10.1. The van der Waals surface area contributed by atoms with Crippen molar-refractivity contribution < 1.29 is 4.39 Å². The van der Waals surface area contributed by atoms with Crippen molar-refractivity contribution in [3.8, 4) is 0 Å². The highest BCUT2D eigenvalue weighted by molar-refractivity contribution is 7.80. The number of benzene rings is 1. The fourth-order valence-electron chi connectivity index (χ4n) is 1.22. The Morgan fingerprint density at radius 3 is 2.64 bits per heavy atom. The summed E-state index contributed by atoms with van der Waals surface area (Å²) in [6.45, 7) is 0.746. The zero-order valence-electron chi connectivity index (χ0n) is 8.25. The average molecular weight is 212 g/mol. The van der Waals surface area contributed by atoms with Gasteiger partial charge in [-0.25, -0.2) is 4.39 Å². The Morgan fingerprint density at radius 2 is 2.14 bits per heavy atom. The third-order valence-electron chi connectivity index (χ3n) is 1.80. The molecule has 0 spiro atoms. The molecule has 0 aliphatic rings. The summed E-state index contributed by atoms with van der Waals surface area (Å²) in [4.78, 5) is 2.10. The van der Waals surface area contributed by atoms with E-state index in [1.807, 2.05) is 19.0 Å². The summed E-state index contributed by atoms with van der Waals surface area (Å²) in [5.41, 5.74) is 6.71. The number of thiocarbonyl (C=S) groups is 1. The first-order valence-corrected chi connectivity index (χ1v) is 4.64. The van der Waals surface area contributed by atoms with E-state index in [-0.39, 0.29) is 10.8 Å². The number of nitrogens with zero attached hydrogens (tertiary/aromatic N) is 1. The van der Waals surface area contributed by atoms with Crippen LogP contribution < -0.4 is 5.73 Å². The fourth-order valence-corrected chi connectivity index (χ4v) is 1.38. The van der Waals surface area contributed by atoms with Gasteiger partial charge >= 0.3 is 0 Å². The Kier molecular flexibility index (Phi) is 3.55. The minimum absolute atomic E-state index is 0.100. The molecule has 1 rings (SSSR count). The summed E-state index contributed by atoms with van der Waals surface area (Å²) in [5.74, 6) is -0.361. The lowest BCUT2D eigenvalue weighted by molar-refractivity contribution is 0.402. The summed E-state index contributed by atoms with van der Waals surface area (Å²) in [6, 6.07) is 4.82. The predicted molar refractivity (Wildman–Crippen MR) is 59.7 cm³/mol. The molecule has 76 valence electrons. The number of hydrogen-bond acceptors (Lipinski definition) is 2. The number of hydrogen-bond donors (Lipinski definition) is 1. The third-order valence-corrected chi connectivity index (χ3v) is 2.01. The molecule has 14 heavy (non-hydrogen) atoms. The van der Waals surface area contributed by atoms with Gasteiger partial charge in [0.2, 0.25) is 0 Å². The standard InChI is InChI=1S/C10H13FN2S/c1-13(2)6-7-3-4-9(11)8(5-7)10(12)14/h3-5H,6H2,1-2H3,(H2,12,14). The maximum absolute atomic E-state index is 13.2. The maximum atomic E-state index is 13.2. The molecule has 2 nitrogen and oxygen atoms in total. The SMILES string of the molecule is CN(C)Cc1ccc(F)c(C(N)=S)c1. The molecule has 0 saturated heterocycles. The second-order valence-corrected chi connectivity index (χ2v) is 3.86. The smallest absolute Gasteiger partial charge is 0.133 e. The van der Waals surface area contributed by atoms with Gasteiger partial charge in [0, 0.05) is 12.1 Å². The first-order chi connectivity index (χ1) is 6.50. The van der Waals surface area contributed by atoms with Crippen molar-refractivity contribution in [3.05, 3.63) is 35.1 Å². The quantitative estimate of drug-likeness (QED) is 0.770. The third kappa shape index (κ3) is 2.75. The number of halogens is 1. The lowest BCUT2D eigenvalue weighted by Crippen LogP contribution is -2.14. The number of nitrogens with two attached hydrogens (primary N) is 1. The van der Waals surface area contributed by atoms with Gasteiger partial charge in [0.1, 0.15) is 10.8 Å². The lowest BCUT2D eigenvalue weighted by Gasteiger charge is -2.10. The molecule has 4 heteroatoms. The Morgan fingerprint density at radius 1 is 1.50 bits per heavy atom. The molecule has 0 unspecified atom stereocenters. The summed E-state index contributed by atoms with van der Waals surface area (Å²) in [5, 5.41) is 0. The van der Waals surface area contributed by atoms with Crippen LogP contribution in [0.5, 0.6) is 0 Å². The van der Waals surface area contributed by atoms with Crippen molar-refractivity contribution in [1.29, 1.82) is 0 Å². The van der Waals surface area contributed by atoms with Crippen LogP contribution in [0.4, 0.5) is 4.39 Å². The van der Waals surface area contributed by atoms with E-state index in [9.17, 15) is 4.39 Å². The van der Waals surface area contributed by atoms with Crippen molar-refractivity contribution in [3.63, 3.8) is 0 Å². The molecule has 2 N–H and O–H groups in total. The molecule has 0 radical (unpaired) electrons. The van der Waals surface area contributed by atoms with E-state index in [4.69, 9.17) is 18.0 Å². The second-order valence-electron chi connectivity index (χ2n) is 3.42. The molecular formula is C10H13FN2S. The van der Waals surface area contributed by atoms with Crippen LogP contribution in [-0.2, 0) is 6.54 Å². The minimum Gasteiger partial charge on any atom is -0.389 e. The molecular weight excluding hydrogens is 199 g/mol. The van der Waals surface area contributed by atoms with Gasteiger partial charge in [-0.15, -0.1) is 0 Å². The first kappa shape index (κ1) is 11.1. The maximum Gasteiger partial charge on any atom is 0.133 e. The van der Waals surface area contributed by atoms with E-state index >= 15 is 0 Å². The molecule has 0 aliphatic carbocycles. The molecule has 0 atom stereocenters. The van der Waals surface area contributed by atoms with Crippen molar-refractivity contribution >= 4 is 17.2 Å². The molecule has 0 aliphatic heterocycles. The van der Waals surface area contributed by atoms with Gasteiger partial charge in [-0.05, 0) is 31.8 Å². The van der Waals surface area contributed by atoms with Gasteiger partial charge in [0.05, 0.1) is 0 Å². The molecule has 0 aromatic heterocycles. The van der Waals surface area contributed by atoms with Crippen LogP contribution in [0.3, 0.4) is 0 Å². The molecule has 0 saturated carbocycles. The normalized spacial score (nSPS) is 10.6. The highest BCUT2D eigenvalue weighted by Crippen LogP contribution is 2.11. The van der Waals surface area contributed by atoms with Gasteiger partial charge in [-0.2, -0.15) is 0 Å². The second kappa shape index (κ2) is 4.48. The van der Waals surface area contributed by atoms with Crippen molar-refractivity contribution in [2.75, 3.05) is 14.1 Å². The van der Waals surface area contributed by atoms with E-state index in [0.29, 0.717) is 5.56 Å². The van der Waals surface area contributed by atoms with Crippen LogP contribution in [0.15, 0.2) is 18.2 Å². The van der Waals surface area contributed by atoms with Crippen LogP contribution in [0, 0.1) is 5.82 Å². The topological polar surface area (TPSA) is 29.3 Å². The molecule has 0 amide bonds. The average Bonchev–Trinajstić information content (AvgIpc) is 2.07. The van der Waals surface area contributed by atoms with Gasteiger partial charge < -0.3 is 10.6 Å². The monoisotopic (exact) mass is 212 g/mol. The van der Waals surface area contributed by atoms with E-state index in [0.717, 1.165) is 12.1 Å². The summed E-state index contributed by atoms with van der Waals surface area (Å²) in [7, 11) is 3.90. The van der Waals surface area contributed by atoms with Crippen LogP contribution in [-0.4, -0.2) is 24.0 Å². The zero-order valence-corrected chi connectivity index (χ0v) is 9.07. The van der Waals surface area contributed by atoms with E-state index in [2.05, 4.69) is 0 Å². The van der Waals surface area contributed by atoms with Crippen LogP contribution in [0.1, 0.15) is 11.1 Å². The van der Waals surface area contributed by atoms with E-state index in [1.165, 1.54) is 6.07 Å². The van der Waals surface area contributed by atoms with Crippen LogP contribution in [0.25, 0.3) is 0 Å². The number of rotatable bonds is 3. The molecule has 0 fully saturated rings. The van der Waals surface area contributed by atoms with Crippen molar-refractivity contribution in [1.82, 2.24) is 4.90 Å². The fraction of sp³-hybridized carbons (Fsp3) is 0.300. The first-order valence-electron chi connectivity index (χ1n) is 4.23. The molecule has 1 aromatic rings. The van der Waals surface area contributed by atoms with Crippen molar-refractivity contribution in [2.24, 2.45) is 5.73 Å². The van der Waals surface area contributed by atoms with E-state index in [1.54, 1.807) is 12.1 Å². The molecule has 0 bridgehead atoms. The Balaban J connectivity index is 3.00. The largest absolute Gasteiger partial charge is 0.389 e.